The SMILES string of the molecule is CCOc1ccc(/C=N\NC(=O)Cc2ccccc2)cc1[N+](=O)[O-]. The molecule has 0 atom stereocenters. The third-order valence-electron chi connectivity index (χ3n) is 3.09. The quantitative estimate of drug-likeness (QED) is 0.480. The van der Waals surface area contributed by atoms with Crippen LogP contribution in [0.3, 0.4) is 0 Å². The first-order chi connectivity index (χ1) is 11.6. The number of nitro groups is 1. The number of nitro benzene ring substituents is 1. The van der Waals surface area contributed by atoms with Gasteiger partial charge in [-0.25, -0.2) is 5.43 Å². The Balaban J connectivity index is 2.00. The molecule has 1 amide bonds. The van der Waals surface area contributed by atoms with Crippen molar-refractivity contribution in [1.82, 2.24) is 5.43 Å². The van der Waals surface area contributed by atoms with Gasteiger partial charge in [0.15, 0.2) is 5.75 Å². The Kier molecular flexibility index (Phi) is 6.01. The van der Waals surface area contributed by atoms with Gasteiger partial charge in [0.1, 0.15) is 0 Å². The molecule has 2 aromatic carbocycles. The molecule has 24 heavy (non-hydrogen) atoms. The van der Waals surface area contributed by atoms with E-state index in [1.54, 1.807) is 13.0 Å². The zero-order chi connectivity index (χ0) is 17.4. The molecular weight excluding hydrogens is 310 g/mol. The van der Waals surface area contributed by atoms with Gasteiger partial charge in [-0.2, -0.15) is 5.10 Å². The second-order valence-electron chi connectivity index (χ2n) is 4.87. The normalized spacial score (nSPS) is 10.5. The molecule has 0 aliphatic carbocycles. The van der Waals surface area contributed by atoms with Crippen LogP contribution >= 0.6 is 0 Å². The van der Waals surface area contributed by atoms with Crippen LogP contribution in [-0.2, 0) is 11.2 Å². The molecular formula is C17H17N3O4. The van der Waals surface area contributed by atoms with Gasteiger partial charge < -0.3 is 4.74 Å². The van der Waals surface area contributed by atoms with Gasteiger partial charge in [-0.05, 0) is 24.6 Å². The predicted molar refractivity (Wildman–Crippen MR) is 90.1 cm³/mol. The summed E-state index contributed by atoms with van der Waals surface area (Å²) in [5.74, 6) is -0.0642. The summed E-state index contributed by atoms with van der Waals surface area (Å²) in [5.41, 5.74) is 3.62. The maximum absolute atomic E-state index is 11.8. The highest BCUT2D eigenvalue weighted by molar-refractivity contribution is 5.84. The van der Waals surface area contributed by atoms with Crippen LogP contribution < -0.4 is 10.2 Å². The van der Waals surface area contributed by atoms with Crippen molar-refractivity contribution in [3.8, 4) is 5.75 Å². The molecule has 1 N–H and O–H groups in total. The van der Waals surface area contributed by atoms with E-state index in [9.17, 15) is 14.9 Å². The molecule has 2 aromatic rings. The first-order valence-corrected chi connectivity index (χ1v) is 7.37. The van der Waals surface area contributed by atoms with Crippen molar-refractivity contribution in [2.45, 2.75) is 13.3 Å². The average Bonchev–Trinajstić information content (AvgIpc) is 2.57. The van der Waals surface area contributed by atoms with Gasteiger partial charge >= 0.3 is 5.69 Å². The van der Waals surface area contributed by atoms with Crippen molar-refractivity contribution >= 4 is 17.8 Å². The molecule has 0 radical (unpaired) electrons. The first kappa shape index (κ1) is 17.1. The lowest BCUT2D eigenvalue weighted by atomic mass is 10.1. The Hall–Kier alpha value is -3.22. The van der Waals surface area contributed by atoms with E-state index in [0.29, 0.717) is 12.2 Å². The molecule has 0 aromatic heterocycles. The van der Waals surface area contributed by atoms with E-state index in [-0.39, 0.29) is 23.8 Å². The summed E-state index contributed by atoms with van der Waals surface area (Å²) in [6.07, 6.45) is 1.56. The number of carbonyl (C=O) groups excluding carboxylic acids is 1. The zero-order valence-corrected chi connectivity index (χ0v) is 13.1. The molecule has 0 fully saturated rings. The minimum Gasteiger partial charge on any atom is -0.487 e. The molecule has 0 aliphatic heterocycles. The van der Waals surface area contributed by atoms with Crippen molar-refractivity contribution in [2.75, 3.05) is 6.61 Å². The van der Waals surface area contributed by atoms with Gasteiger partial charge in [0.2, 0.25) is 5.91 Å². The zero-order valence-electron chi connectivity index (χ0n) is 13.1. The van der Waals surface area contributed by atoms with Crippen LogP contribution in [0.5, 0.6) is 5.75 Å². The van der Waals surface area contributed by atoms with Crippen LogP contribution in [0.4, 0.5) is 5.69 Å². The van der Waals surface area contributed by atoms with E-state index < -0.39 is 4.92 Å². The molecule has 0 bridgehead atoms. The second kappa shape index (κ2) is 8.42. The third-order valence-corrected chi connectivity index (χ3v) is 3.09. The van der Waals surface area contributed by atoms with Crippen LogP contribution in [0, 0.1) is 10.1 Å². The number of hydrogen-bond acceptors (Lipinski definition) is 5. The highest BCUT2D eigenvalue weighted by Crippen LogP contribution is 2.27. The van der Waals surface area contributed by atoms with Crippen molar-refractivity contribution in [3.63, 3.8) is 0 Å². The smallest absolute Gasteiger partial charge is 0.311 e. The Morgan fingerprint density at radius 3 is 2.71 bits per heavy atom. The number of nitrogens with zero attached hydrogens (tertiary/aromatic N) is 2. The molecule has 0 spiro atoms. The highest BCUT2D eigenvalue weighted by Gasteiger charge is 2.15. The maximum atomic E-state index is 11.8. The summed E-state index contributed by atoms with van der Waals surface area (Å²) in [7, 11) is 0. The molecule has 7 nitrogen and oxygen atoms in total. The van der Waals surface area contributed by atoms with Crippen LogP contribution in [0.25, 0.3) is 0 Å². The van der Waals surface area contributed by atoms with Crippen molar-refractivity contribution < 1.29 is 14.5 Å². The van der Waals surface area contributed by atoms with Gasteiger partial charge in [-0.3, -0.25) is 14.9 Å². The van der Waals surface area contributed by atoms with E-state index in [4.69, 9.17) is 4.74 Å². The first-order valence-electron chi connectivity index (χ1n) is 7.37. The number of nitrogens with one attached hydrogen (secondary N) is 1. The molecule has 0 saturated heterocycles. The molecule has 2 rings (SSSR count). The number of amides is 1. The minimum atomic E-state index is -0.518. The fourth-order valence-corrected chi connectivity index (χ4v) is 2.03. The summed E-state index contributed by atoms with van der Waals surface area (Å²) in [4.78, 5) is 22.3. The Morgan fingerprint density at radius 1 is 1.29 bits per heavy atom. The van der Waals surface area contributed by atoms with Crippen LogP contribution in [0.2, 0.25) is 0 Å². The van der Waals surface area contributed by atoms with E-state index in [2.05, 4.69) is 10.5 Å². The molecule has 7 heteroatoms. The molecule has 0 aliphatic rings. The largest absolute Gasteiger partial charge is 0.487 e. The Morgan fingerprint density at radius 2 is 2.04 bits per heavy atom. The fraction of sp³-hybridized carbons (Fsp3) is 0.176. The van der Waals surface area contributed by atoms with Gasteiger partial charge in [-0.1, -0.05) is 30.3 Å². The molecule has 0 saturated carbocycles. The number of carbonyl (C=O) groups is 1. The molecule has 0 unspecified atom stereocenters. The number of hydrazone groups is 1. The highest BCUT2D eigenvalue weighted by atomic mass is 16.6. The standard InChI is InChI=1S/C17H17N3O4/c1-2-24-16-9-8-14(10-15(16)20(22)23)12-18-19-17(21)11-13-6-4-3-5-7-13/h3-10,12H,2,11H2,1H3,(H,19,21)/b18-12-. The van der Waals surface area contributed by atoms with Crippen molar-refractivity contribution in [1.29, 1.82) is 0 Å². The van der Waals surface area contributed by atoms with Crippen LogP contribution in [0.1, 0.15) is 18.1 Å². The summed E-state index contributed by atoms with van der Waals surface area (Å²) in [6, 6.07) is 13.8. The van der Waals surface area contributed by atoms with E-state index in [1.165, 1.54) is 18.3 Å². The fourth-order valence-electron chi connectivity index (χ4n) is 2.03. The van der Waals surface area contributed by atoms with Gasteiger partial charge in [-0.15, -0.1) is 0 Å². The van der Waals surface area contributed by atoms with Gasteiger partial charge in [0.25, 0.3) is 0 Å². The molecule has 124 valence electrons. The van der Waals surface area contributed by atoms with Crippen molar-refractivity contribution in [2.24, 2.45) is 5.10 Å². The van der Waals surface area contributed by atoms with Crippen LogP contribution in [0.15, 0.2) is 53.6 Å². The third kappa shape index (κ3) is 4.91. The van der Waals surface area contributed by atoms with Crippen LogP contribution in [-0.4, -0.2) is 23.7 Å². The van der Waals surface area contributed by atoms with E-state index in [0.717, 1.165) is 5.56 Å². The summed E-state index contributed by atoms with van der Waals surface area (Å²) in [5, 5.41) is 14.9. The average molecular weight is 327 g/mol. The number of benzene rings is 2. The Bertz CT molecular complexity index is 745. The minimum absolute atomic E-state index is 0.142. The summed E-state index contributed by atoms with van der Waals surface area (Å²) < 4.78 is 5.21. The topological polar surface area (TPSA) is 93.8 Å². The Labute approximate surface area is 139 Å². The molecule has 0 heterocycles. The van der Waals surface area contributed by atoms with Crippen molar-refractivity contribution in [3.05, 3.63) is 69.8 Å². The lowest BCUT2D eigenvalue weighted by Crippen LogP contribution is -2.19. The monoisotopic (exact) mass is 327 g/mol. The summed E-state index contributed by atoms with van der Waals surface area (Å²) >= 11 is 0. The van der Waals surface area contributed by atoms with Gasteiger partial charge in [0.05, 0.1) is 24.2 Å². The number of hydrogen-bond donors (Lipinski definition) is 1. The van der Waals surface area contributed by atoms with Gasteiger partial charge in [0, 0.05) is 11.6 Å². The summed E-state index contributed by atoms with van der Waals surface area (Å²) in [6.45, 7) is 2.09. The number of rotatable bonds is 7. The van der Waals surface area contributed by atoms with E-state index in [1.807, 2.05) is 30.3 Å². The second-order valence-corrected chi connectivity index (χ2v) is 4.87. The van der Waals surface area contributed by atoms with E-state index >= 15 is 0 Å². The predicted octanol–water partition coefficient (Wildman–Crippen LogP) is 2.69. The number of ether oxygens (including phenoxy) is 1. The lowest BCUT2D eigenvalue weighted by Gasteiger charge is -2.04. The maximum Gasteiger partial charge on any atom is 0.311 e. The lowest BCUT2D eigenvalue weighted by molar-refractivity contribution is -0.385.